The second-order valence-electron chi connectivity index (χ2n) is 10.6. The molecular weight excluding hydrogens is 386 g/mol. The first kappa shape index (κ1) is 20.6. The van der Waals surface area contributed by atoms with E-state index < -0.39 is 0 Å². The van der Waals surface area contributed by atoms with E-state index >= 15 is 0 Å². The predicted octanol–water partition coefficient (Wildman–Crippen LogP) is 8.21. The van der Waals surface area contributed by atoms with Gasteiger partial charge in [-0.15, -0.1) is 0 Å². The fourth-order valence-electron chi connectivity index (χ4n) is 4.95. The van der Waals surface area contributed by atoms with Crippen molar-refractivity contribution in [2.45, 2.75) is 45.4 Å². The van der Waals surface area contributed by atoms with E-state index in [9.17, 15) is 0 Å². The summed E-state index contributed by atoms with van der Waals surface area (Å²) in [7, 11) is 0. The van der Waals surface area contributed by atoms with Gasteiger partial charge in [0.25, 0.3) is 0 Å². The largest absolute Gasteiger partial charge is 0.399 e. The van der Waals surface area contributed by atoms with Crippen LogP contribution in [0.4, 0.5) is 5.69 Å². The molecule has 0 unspecified atom stereocenters. The molecule has 160 valence electrons. The van der Waals surface area contributed by atoms with Gasteiger partial charge >= 0.3 is 0 Å². The van der Waals surface area contributed by atoms with Gasteiger partial charge in [0.2, 0.25) is 0 Å². The summed E-state index contributed by atoms with van der Waals surface area (Å²) in [4.78, 5) is 0. The van der Waals surface area contributed by atoms with Crippen molar-refractivity contribution in [2.75, 3.05) is 5.73 Å². The number of benzene rings is 4. The van der Waals surface area contributed by atoms with Crippen molar-refractivity contribution in [1.82, 2.24) is 0 Å². The third kappa shape index (κ3) is 3.33. The normalized spacial score (nSPS) is 14.2. The lowest BCUT2D eigenvalue weighted by Crippen LogP contribution is -2.15. The van der Waals surface area contributed by atoms with Gasteiger partial charge in [-0.05, 0) is 73.7 Å². The Bertz CT molecular complexity index is 1300. The molecule has 0 fully saturated rings. The fraction of sp³-hybridized carbons (Fsp3) is 0.226. The number of rotatable bonds is 2. The smallest absolute Gasteiger partial charge is 0.0317 e. The highest BCUT2D eigenvalue weighted by Crippen LogP contribution is 2.50. The topological polar surface area (TPSA) is 26.0 Å². The van der Waals surface area contributed by atoms with E-state index in [1.54, 1.807) is 0 Å². The first-order valence-electron chi connectivity index (χ1n) is 11.4. The molecule has 4 aromatic carbocycles. The minimum Gasteiger partial charge on any atom is -0.399 e. The second-order valence-corrected chi connectivity index (χ2v) is 10.6. The van der Waals surface area contributed by atoms with Gasteiger partial charge in [0.1, 0.15) is 0 Å². The van der Waals surface area contributed by atoms with Crippen LogP contribution in [0.1, 0.15) is 51.3 Å². The molecule has 0 amide bonds. The first-order chi connectivity index (χ1) is 15.1. The predicted molar refractivity (Wildman–Crippen MR) is 138 cm³/mol. The summed E-state index contributed by atoms with van der Waals surface area (Å²) < 4.78 is 0. The lowest BCUT2D eigenvalue weighted by atomic mass is 9.81. The quantitative estimate of drug-likeness (QED) is 0.327. The van der Waals surface area contributed by atoms with Crippen molar-refractivity contribution in [3.05, 3.63) is 102 Å². The highest BCUT2D eigenvalue weighted by molar-refractivity contribution is 5.85. The molecule has 2 N–H and O–H groups in total. The molecule has 0 aromatic heterocycles. The van der Waals surface area contributed by atoms with Crippen LogP contribution in [0.25, 0.3) is 33.4 Å². The molecule has 1 heteroatoms. The Morgan fingerprint density at radius 1 is 0.562 bits per heavy atom. The Kier molecular flexibility index (Phi) is 4.57. The van der Waals surface area contributed by atoms with Crippen LogP contribution in [-0.4, -0.2) is 0 Å². The van der Waals surface area contributed by atoms with Gasteiger partial charge < -0.3 is 5.73 Å². The zero-order valence-corrected chi connectivity index (χ0v) is 19.7. The van der Waals surface area contributed by atoms with Gasteiger partial charge in [-0.2, -0.15) is 0 Å². The summed E-state index contributed by atoms with van der Waals surface area (Å²) in [5, 5.41) is 0. The Balaban J connectivity index is 1.47. The van der Waals surface area contributed by atoms with E-state index in [1.165, 1.54) is 50.1 Å². The second kappa shape index (κ2) is 7.10. The summed E-state index contributed by atoms with van der Waals surface area (Å²) in [6.45, 7) is 11.4. The van der Waals surface area contributed by atoms with Gasteiger partial charge in [0, 0.05) is 11.1 Å². The van der Waals surface area contributed by atoms with Crippen molar-refractivity contribution in [3.63, 3.8) is 0 Å². The van der Waals surface area contributed by atoms with Crippen LogP contribution >= 0.6 is 0 Å². The maximum absolute atomic E-state index is 6.10. The zero-order chi connectivity index (χ0) is 22.7. The average Bonchev–Trinajstić information content (AvgIpc) is 2.99. The zero-order valence-electron chi connectivity index (χ0n) is 19.7. The molecule has 1 aliphatic carbocycles. The molecule has 0 atom stereocenters. The minimum atomic E-state index is -0.0508. The molecule has 0 radical (unpaired) electrons. The van der Waals surface area contributed by atoms with Crippen LogP contribution < -0.4 is 5.73 Å². The minimum absolute atomic E-state index is 0.0508. The highest BCUT2D eigenvalue weighted by Gasteiger charge is 2.35. The van der Waals surface area contributed by atoms with Crippen LogP contribution in [0.5, 0.6) is 0 Å². The Labute approximate surface area is 191 Å². The molecule has 32 heavy (non-hydrogen) atoms. The molecule has 0 saturated carbocycles. The van der Waals surface area contributed by atoms with E-state index in [0.717, 1.165) is 5.69 Å². The standard InChI is InChI=1S/C31H31N/c1-30(2,3)24-13-10-21(11-14-24)20-6-8-22(9-7-20)23-12-16-26-27-17-15-25(32)19-29(27)31(4,5)28(26)18-23/h6-19H,32H2,1-5H3. The molecule has 4 aromatic rings. The number of hydrogen-bond donors (Lipinski definition) is 1. The van der Waals surface area contributed by atoms with Crippen LogP contribution in [0.3, 0.4) is 0 Å². The average molecular weight is 418 g/mol. The monoisotopic (exact) mass is 417 g/mol. The molecule has 5 rings (SSSR count). The van der Waals surface area contributed by atoms with E-state index in [1.807, 2.05) is 6.07 Å². The summed E-state index contributed by atoms with van der Waals surface area (Å²) in [6.07, 6.45) is 0. The van der Waals surface area contributed by atoms with E-state index in [0.29, 0.717) is 0 Å². The number of nitrogens with two attached hydrogens (primary N) is 1. The molecule has 0 saturated heterocycles. The third-order valence-corrected chi connectivity index (χ3v) is 7.00. The third-order valence-electron chi connectivity index (χ3n) is 7.00. The van der Waals surface area contributed by atoms with Crippen LogP contribution in [0, 0.1) is 0 Å². The van der Waals surface area contributed by atoms with Crippen molar-refractivity contribution in [1.29, 1.82) is 0 Å². The first-order valence-corrected chi connectivity index (χ1v) is 11.4. The van der Waals surface area contributed by atoms with Gasteiger partial charge in [-0.25, -0.2) is 0 Å². The molecule has 0 spiro atoms. The number of fused-ring (bicyclic) bond motifs is 3. The maximum Gasteiger partial charge on any atom is 0.0317 e. The van der Waals surface area contributed by atoms with Crippen LogP contribution in [0.15, 0.2) is 84.9 Å². The lowest BCUT2D eigenvalue weighted by Gasteiger charge is -2.22. The van der Waals surface area contributed by atoms with E-state index in [4.69, 9.17) is 5.73 Å². The maximum atomic E-state index is 6.10. The van der Waals surface area contributed by atoms with Gasteiger partial charge in [0.05, 0.1) is 0 Å². The molecule has 0 heterocycles. The Hall–Kier alpha value is -3.32. The van der Waals surface area contributed by atoms with Crippen molar-refractivity contribution in [3.8, 4) is 33.4 Å². The van der Waals surface area contributed by atoms with Gasteiger partial charge in [-0.3, -0.25) is 0 Å². The van der Waals surface area contributed by atoms with Crippen molar-refractivity contribution >= 4 is 5.69 Å². The molecule has 0 bridgehead atoms. The Morgan fingerprint density at radius 2 is 1.00 bits per heavy atom. The van der Waals surface area contributed by atoms with E-state index in [-0.39, 0.29) is 10.8 Å². The lowest BCUT2D eigenvalue weighted by molar-refractivity contribution is 0.590. The Morgan fingerprint density at radius 3 is 1.56 bits per heavy atom. The summed E-state index contributed by atoms with van der Waals surface area (Å²) >= 11 is 0. The molecular formula is C31H31N. The van der Waals surface area contributed by atoms with Crippen LogP contribution in [-0.2, 0) is 10.8 Å². The highest BCUT2D eigenvalue weighted by atomic mass is 14.5. The summed E-state index contributed by atoms with van der Waals surface area (Å²) in [5.41, 5.74) is 18.7. The number of nitrogen functional groups attached to an aromatic ring is 1. The fourth-order valence-corrected chi connectivity index (χ4v) is 4.95. The summed E-state index contributed by atoms with van der Waals surface area (Å²) in [6, 6.07) is 31.1. The molecule has 1 nitrogen and oxygen atoms in total. The van der Waals surface area contributed by atoms with Gasteiger partial charge in [-0.1, -0.05) is 101 Å². The number of hydrogen-bond acceptors (Lipinski definition) is 1. The number of anilines is 1. The molecule has 1 aliphatic rings. The van der Waals surface area contributed by atoms with Crippen molar-refractivity contribution < 1.29 is 0 Å². The van der Waals surface area contributed by atoms with E-state index in [2.05, 4.69) is 113 Å². The molecule has 0 aliphatic heterocycles. The summed E-state index contributed by atoms with van der Waals surface area (Å²) in [5.74, 6) is 0. The van der Waals surface area contributed by atoms with Crippen LogP contribution in [0.2, 0.25) is 0 Å². The van der Waals surface area contributed by atoms with Crippen molar-refractivity contribution in [2.24, 2.45) is 0 Å². The van der Waals surface area contributed by atoms with Gasteiger partial charge in [0.15, 0.2) is 0 Å². The SMILES string of the molecule is CC(C)(C)c1ccc(-c2ccc(-c3ccc4c(c3)C(C)(C)c3cc(N)ccc3-4)cc2)cc1.